The van der Waals surface area contributed by atoms with Gasteiger partial charge in [0, 0.05) is 28.5 Å². The van der Waals surface area contributed by atoms with Crippen molar-refractivity contribution in [2.75, 3.05) is 10.6 Å². The minimum atomic E-state index is 0.410. The summed E-state index contributed by atoms with van der Waals surface area (Å²) >= 11 is 0. The van der Waals surface area contributed by atoms with Crippen molar-refractivity contribution >= 4 is 57.6 Å². The maximum absolute atomic E-state index is 5.31. The molecule has 0 unspecified atom stereocenters. The highest BCUT2D eigenvalue weighted by Crippen LogP contribution is 2.27. The highest BCUT2D eigenvalue weighted by atomic mass is 15.3. The van der Waals surface area contributed by atoms with Gasteiger partial charge in [0.2, 0.25) is 17.8 Å². The van der Waals surface area contributed by atoms with Gasteiger partial charge in [0.05, 0.1) is 17.6 Å². The molecule has 0 saturated heterocycles. The largest absolute Gasteiger partial charge is 0.361 e. The Balaban J connectivity index is 1.31. The number of aromatic amines is 1. The molecule has 3 aromatic heterocycles. The van der Waals surface area contributed by atoms with E-state index in [9.17, 15) is 0 Å². The van der Waals surface area contributed by atoms with Crippen LogP contribution in [-0.4, -0.2) is 41.9 Å². The molecule has 0 amide bonds. The van der Waals surface area contributed by atoms with Crippen LogP contribution in [0.25, 0.3) is 27.9 Å². The maximum Gasteiger partial charge on any atom is 0.241 e. The SMILES string of the molecule is [NH2+]=C/C=N\NCc1cccc(Nc2ncnc(-n3c(Nc4ccc5[nH]ccc5c4)nc4ccccc43)n2)c1. The molecule has 6 aromatic rings. The summed E-state index contributed by atoms with van der Waals surface area (Å²) in [5, 5.41) is 17.1. The fourth-order valence-corrected chi connectivity index (χ4v) is 4.15. The van der Waals surface area contributed by atoms with Crippen molar-refractivity contribution in [2.45, 2.75) is 6.54 Å². The molecular formula is C27H24N11+. The zero-order chi connectivity index (χ0) is 25.7. The third-order valence-electron chi connectivity index (χ3n) is 5.85. The van der Waals surface area contributed by atoms with Crippen LogP contribution in [-0.2, 0) is 6.54 Å². The number of para-hydroxylation sites is 2. The number of benzene rings is 3. The van der Waals surface area contributed by atoms with Gasteiger partial charge in [-0.05, 0) is 54.1 Å². The molecule has 0 fully saturated rings. The molecule has 0 aliphatic heterocycles. The first kappa shape index (κ1) is 22.9. The summed E-state index contributed by atoms with van der Waals surface area (Å²) in [5.74, 6) is 1.45. The van der Waals surface area contributed by atoms with Crippen molar-refractivity contribution in [1.29, 1.82) is 0 Å². The van der Waals surface area contributed by atoms with E-state index in [1.165, 1.54) is 18.8 Å². The summed E-state index contributed by atoms with van der Waals surface area (Å²) in [6.45, 7) is 0.549. The Morgan fingerprint density at radius 1 is 0.921 bits per heavy atom. The van der Waals surface area contributed by atoms with Gasteiger partial charge >= 0.3 is 0 Å². The van der Waals surface area contributed by atoms with E-state index >= 15 is 0 Å². The molecule has 0 atom stereocenters. The third kappa shape index (κ3) is 4.75. The van der Waals surface area contributed by atoms with Crippen LogP contribution in [0.1, 0.15) is 5.56 Å². The Hall–Kier alpha value is -5.58. The average Bonchev–Trinajstić information content (AvgIpc) is 3.55. The zero-order valence-electron chi connectivity index (χ0n) is 20.2. The molecule has 0 bridgehead atoms. The number of anilines is 4. The van der Waals surface area contributed by atoms with E-state index in [1.54, 1.807) is 0 Å². The molecular weight excluding hydrogens is 478 g/mol. The van der Waals surface area contributed by atoms with E-state index in [4.69, 9.17) is 15.4 Å². The van der Waals surface area contributed by atoms with Crippen molar-refractivity contribution in [3.05, 3.63) is 90.9 Å². The molecule has 11 heteroatoms. The first-order valence-electron chi connectivity index (χ1n) is 11.9. The molecule has 186 valence electrons. The molecule has 0 aliphatic carbocycles. The number of nitrogens with two attached hydrogens (primary N) is 1. The van der Waals surface area contributed by atoms with Crippen molar-refractivity contribution in [3.63, 3.8) is 0 Å². The minimum absolute atomic E-state index is 0.410. The van der Waals surface area contributed by atoms with E-state index in [0.29, 0.717) is 24.4 Å². The highest BCUT2D eigenvalue weighted by molar-refractivity contribution is 6.12. The molecule has 0 radical (unpaired) electrons. The van der Waals surface area contributed by atoms with Crippen molar-refractivity contribution in [2.24, 2.45) is 5.10 Å². The fraction of sp³-hybridized carbons (Fsp3) is 0.0370. The molecule has 3 aromatic carbocycles. The molecule has 6 N–H and O–H groups in total. The number of fused-ring (bicyclic) bond motifs is 2. The predicted molar refractivity (Wildman–Crippen MR) is 149 cm³/mol. The van der Waals surface area contributed by atoms with Gasteiger partial charge in [-0.3, -0.25) is 5.41 Å². The first-order valence-corrected chi connectivity index (χ1v) is 11.9. The van der Waals surface area contributed by atoms with Gasteiger partial charge in [-0.15, -0.1) is 0 Å². The Labute approximate surface area is 217 Å². The summed E-state index contributed by atoms with van der Waals surface area (Å²) in [6, 6.07) is 23.9. The Morgan fingerprint density at radius 3 is 2.79 bits per heavy atom. The van der Waals surface area contributed by atoms with Crippen LogP contribution in [0.4, 0.5) is 23.3 Å². The molecule has 6 rings (SSSR count). The molecule has 38 heavy (non-hydrogen) atoms. The minimum Gasteiger partial charge on any atom is -0.361 e. The standard InChI is InChI=1S/C27H23N11/c28-11-13-32-33-16-18-4-3-5-20(14-18)34-25-30-17-31-26(37-25)38-24-7-2-1-6-23(24)36-27(38)35-21-8-9-22-19(15-21)10-12-29-22/h1-15,17,28-29,33H,16H2,(H,35,36)(H,30,31,34,37)/p+1/b28-11?,32-13-. The molecule has 0 saturated carbocycles. The number of nitrogens with one attached hydrogen (secondary N) is 4. The van der Waals surface area contributed by atoms with Gasteiger partial charge in [0.15, 0.2) is 6.21 Å². The average molecular weight is 503 g/mol. The smallest absolute Gasteiger partial charge is 0.241 e. The number of H-pyrrole nitrogens is 1. The quantitative estimate of drug-likeness (QED) is 0.151. The summed E-state index contributed by atoms with van der Waals surface area (Å²) in [6.07, 6.45) is 6.27. The van der Waals surface area contributed by atoms with Crippen LogP contribution >= 0.6 is 0 Å². The molecule has 11 nitrogen and oxygen atoms in total. The lowest BCUT2D eigenvalue weighted by molar-refractivity contribution is -0.102. The first-order chi connectivity index (χ1) is 18.8. The van der Waals surface area contributed by atoms with Crippen LogP contribution < -0.4 is 21.5 Å². The van der Waals surface area contributed by atoms with Crippen LogP contribution in [0.3, 0.4) is 0 Å². The summed E-state index contributed by atoms with van der Waals surface area (Å²) in [7, 11) is 0. The number of hydrazone groups is 1. The predicted octanol–water partition coefficient (Wildman–Crippen LogP) is 3.08. The van der Waals surface area contributed by atoms with E-state index in [2.05, 4.69) is 42.2 Å². The van der Waals surface area contributed by atoms with Crippen LogP contribution in [0, 0.1) is 0 Å². The summed E-state index contributed by atoms with van der Waals surface area (Å²) < 4.78 is 1.89. The maximum atomic E-state index is 5.31. The summed E-state index contributed by atoms with van der Waals surface area (Å²) in [4.78, 5) is 21.5. The second-order valence-electron chi connectivity index (χ2n) is 8.40. The number of imidazole rings is 1. The highest BCUT2D eigenvalue weighted by Gasteiger charge is 2.16. The van der Waals surface area contributed by atoms with Gasteiger partial charge < -0.3 is 21.0 Å². The number of nitrogens with zero attached hydrogens (tertiary/aromatic N) is 6. The number of aromatic nitrogens is 6. The number of hydrogen-bond donors (Lipinski definition) is 5. The Morgan fingerprint density at radius 2 is 1.84 bits per heavy atom. The third-order valence-corrected chi connectivity index (χ3v) is 5.85. The Kier molecular flexibility index (Phi) is 6.13. The van der Waals surface area contributed by atoms with Gasteiger partial charge in [0.1, 0.15) is 12.5 Å². The van der Waals surface area contributed by atoms with E-state index in [0.717, 1.165) is 38.9 Å². The van der Waals surface area contributed by atoms with Crippen LogP contribution in [0.15, 0.2) is 90.4 Å². The lowest BCUT2D eigenvalue weighted by Gasteiger charge is -2.11. The van der Waals surface area contributed by atoms with Crippen molar-refractivity contribution in [1.82, 2.24) is 34.9 Å². The van der Waals surface area contributed by atoms with Gasteiger partial charge in [-0.25, -0.2) is 19.5 Å². The van der Waals surface area contributed by atoms with Crippen LogP contribution in [0.2, 0.25) is 0 Å². The van der Waals surface area contributed by atoms with Crippen molar-refractivity contribution in [3.8, 4) is 5.95 Å². The van der Waals surface area contributed by atoms with Gasteiger partial charge in [-0.1, -0.05) is 24.3 Å². The second kappa shape index (κ2) is 10.2. The van der Waals surface area contributed by atoms with Gasteiger partial charge in [-0.2, -0.15) is 10.1 Å². The Bertz CT molecular complexity index is 1770. The molecule has 3 heterocycles. The lowest BCUT2D eigenvalue weighted by atomic mass is 10.2. The zero-order valence-corrected chi connectivity index (χ0v) is 20.2. The fourth-order valence-electron chi connectivity index (χ4n) is 4.15. The lowest BCUT2D eigenvalue weighted by Crippen LogP contribution is -2.30. The van der Waals surface area contributed by atoms with E-state index < -0.39 is 0 Å². The van der Waals surface area contributed by atoms with Crippen molar-refractivity contribution < 1.29 is 5.41 Å². The topological polar surface area (TPSA) is 146 Å². The number of rotatable bonds is 9. The normalized spacial score (nSPS) is 11.3. The molecule has 0 spiro atoms. The van der Waals surface area contributed by atoms with E-state index in [1.807, 2.05) is 77.5 Å². The van der Waals surface area contributed by atoms with E-state index in [-0.39, 0.29) is 0 Å². The number of hydrogen-bond acceptors (Lipinski definition) is 8. The monoisotopic (exact) mass is 502 g/mol. The van der Waals surface area contributed by atoms with Crippen LogP contribution in [0.5, 0.6) is 0 Å². The second-order valence-corrected chi connectivity index (χ2v) is 8.40. The van der Waals surface area contributed by atoms with Gasteiger partial charge in [0.25, 0.3) is 0 Å². The summed E-state index contributed by atoms with van der Waals surface area (Å²) in [5.41, 5.74) is 8.48. The molecule has 0 aliphatic rings.